The van der Waals surface area contributed by atoms with Crippen LogP contribution in [-0.2, 0) is 26.0 Å². The van der Waals surface area contributed by atoms with Crippen molar-refractivity contribution in [1.82, 2.24) is 10.0 Å². The molecular weight excluding hydrogens is 406 g/mol. The quantitative estimate of drug-likeness (QED) is 0.561. The van der Waals surface area contributed by atoms with Gasteiger partial charge in [-0.15, -0.1) is 0 Å². The van der Waals surface area contributed by atoms with Gasteiger partial charge < -0.3 is 15.4 Å². The molecule has 8 nitrogen and oxygen atoms in total. The Labute approximate surface area is 176 Å². The molecule has 2 amide bonds. The minimum absolute atomic E-state index is 0.0953. The predicted octanol–water partition coefficient (Wildman–Crippen LogP) is 1.82. The van der Waals surface area contributed by atoms with Gasteiger partial charge in [0, 0.05) is 18.7 Å². The second-order valence-electron chi connectivity index (χ2n) is 7.19. The molecule has 0 bridgehead atoms. The van der Waals surface area contributed by atoms with Crippen molar-refractivity contribution in [3.05, 3.63) is 54.1 Å². The number of carbonyl (C=O) groups excluding carboxylic acids is 2. The molecule has 0 heterocycles. The molecule has 0 aromatic heterocycles. The summed E-state index contributed by atoms with van der Waals surface area (Å²) in [5.74, 6) is -0.596. The number of hydrogen-bond donors (Lipinski definition) is 3. The highest BCUT2D eigenvalue weighted by Crippen LogP contribution is 2.27. The third-order valence-electron chi connectivity index (χ3n) is 4.59. The molecule has 1 fully saturated rings. The van der Waals surface area contributed by atoms with Crippen molar-refractivity contribution < 1.29 is 22.7 Å². The molecule has 0 saturated heterocycles. The Bertz CT molecular complexity index is 1020. The number of hydrogen-bond acceptors (Lipinski definition) is 5. The number of amides is 2. The highest BCUT2D eigenvalue weighted by Gasteiger charge is 2.32. The van der Waals surface area contributed by atoms with Crippen LogP contribution in [0.2, 0.25) is 0 Å². The van der Waals surface area contributed by atoms with E-state index in [0.717, 1.165) is 18.4 Å². The maximum Gasteiger partial charge on any atom is 0.245 e. The lowest BCUT2D eigenvalue weighted by Gasteiger charge is -2.20. The second-order valence-corrected chi connectivity index (χ2v) is 8.88. The SMILES string of the molecule is COc1ccc(NC(C)=O)cc1S(=O)(=O)N[C@@H](Cc1ccccc1)C(=O)NC1CC1. The van der Waals surface area contributed by atoms with Crippen molar-refractivity contribution in [2.45, 2.75) is 43.2 Å². The monoisotopic (exact) mass is 431 g/mol. The Morgan fingerprint density at radius 3 is 2.43 bits per heavy atom. The highest BCUT2D eigenvalue weighted by molar-refractivity contribution is 7.89. The number of carbonyl (C=O) groups is 2. The number of ether oxygens (including phenoxy) is 1. The molecule has 160 valence electrons. The summed E-state index contributed by atoms with van der Waals surface area (Å²) in [6, 6.07) is 12.6. The van der Waals surface area contributed by atoms with Crippen molar-refractivity contribution in [2.75, 3.05) is 12.4 Å². The Balaban J connectivity index is 1.89. The Hall–Kier alpha value is -2.91. The molecule has 1 aliphatic carbocycles. The largest absolute Gasteiger partial charge is 0.495 e. The van der Waals surface area contributed by atoms with Crippen LogP contribution in [0.1, 0.15) is 25.3 Å². The van der Waals surface area contributed by atoms with Crippen LogP contribution in [0.5, 0.6) is 5.75 Å². The van der Waals surface area contributed by atoms with E-state index >= 15 is 0 Å². The summed E-state index contributed by atoms with van der Waals surface area (Å²) in [4.78, 5) is 23.9. The molecule has 2 aromatic carbocycles. The zero-order valence-electron chi connectivity index (χ0n) is 16.8. The van der Waals surface area contributed by atoms with E-state index in [1.807, 2.05) is 30.3 Å². The lowest BCUT2D eigenvalue weighted by atomic mass is 10.1. The van der Waals surface area contributed by atoms with Crippen molar-refractivity contribution in [2.24, 2.45) is 0 Å². The van der Waals surface area contributed by atoms with Gasteiger partial charge in [-0.05, 0) is 43.0 Å². The number of methoxy groups -OCH3 is 1. The van der Waals surface area contributed by atoms with E-state index in [2.05, 4.69) is 15.4 Å². The zero-order chi connectivity index (χ0) is 21.7. The molecule has 1 saturated carbocycles. The number of benzene rings is 2. The number of nitrogens with one attached hydrogen (secondary N) is 3. The maximum absolute atomic E-state index is 13.2. The van der Waals surface area contributed by atoms with E-state index < -0.39 is 16.1 Å². The summed E-state index contributed by atoms with van der Waals surface area (Å²) in [6.45, 7) is 1.33. The third kappa shape index (κ3) is 5.80. The summed E-state index contributed by atoms with van der Waals surface area (Å²) >= 11 is 0. The van der Waals surface area contributed by atoms with Crippen molar-refractivity contribution in [3.8, 4) is 5.75 Å². The normalized spacial score (nSPS) is 14.6. The van der Waals surface area contributed by atoms with Crippen LogP contribution < -0.4 is 20.1 Å². The highest BCUT2D eigenvalue weighted by atomic mass is 32.2. The smallest absolute Gasteiger partial charge is 0.245 e. The van der Waals surface area contributed by atoms with Gasteiger partial charge in [-0.3, -0.25) is 9.59 Å². The van der Waals surface area contributed by atoms with Gasteiger partial charge in [0.05, 0.1) is 7.11 Å². The summed E-state index contributed by atoms with van der Waals surface area (Å²) in [5.41, 5.74) is 1.14. The molecule has 3 rings (SSSR count). The van der Waals surface area contributed by atoms with E-state index in [9.17, 15) is 18.0 Å². The minimum atomic E-state index is -4.13. The first-order valence-corrected chi connectivity index (χ1v) is 11.1. The van der Waals surface area contributed by atoms with Crippen LogP contribution >= 0.6 is 0 Å². The topological polar surface area (TPSA) is 114 Å². The lowest BCUT2D eigenvalue weighted by molar-refractivity contribution is -0.122. The summed E-state index contributed by atoms with van der Waals surface area (Å²) in [5, 5.41) is 5.41. The molecule has 3 N–H and O–H groups in total. The van der Waals surface area contributed by atoms with Gasteiger partial charge in [-0.1, -0.05) is 30.3 Å². The Morgan fingerprint density at radius 1 is 1.13 bits per heavy atom. The van der Waals surface area contributed by atoms with E-state index in [-0.39, 0.29) is 34.9 Å². The molecule has 0 aliphatic heterocycles. The van der Waals surface area contributed by atoms with Crippen LogP contribution in [0, 0.1) is 0 Å². The number of sulfonamides is 1. The van der Waals surface area contributed by atoms with Crippen LogP contribution in [0.3, 0.4) is 0 Å². The molecular formula is C21H25N3O5S. The molecule has 2 aromatic rings. The molecule has 1 aliphatic rings. The van der Waals surface area contributed by atoms with Gasteiger partial charge in [0.1, 0.15) is 16.7 Å². The Morgan fingerprint density at radius 2 is 1.83 bits per heavy atom. The zero-order valence-corrected chi connectivity index (χ0v) is 17.7. The van der Waals surface area contributed by atoms with E-state index in [1.165, 1.54) is 26.2 Å². The average Bonchev–Trinajstić information content (AvgIpc) is 3.51. The molecule has 0 radical (unpaired) electrons. The standard InChI is InChI=1S/C21H25N3O5S/c1-14(25)22-17-10-11-19(29-2)20(13-17)30(27,28)24-18(21(26)23-16-8-9-16)12-15-6-4-3-5-7-15/h3-7,10-11,13,16,18,24H,8-9,12H2,1-2H3,(H,22,25)(H,23,26)/t18-/m0/s1. The van der Waals surface area contributed by atoms with Crippen LogP contribution in [0.15, 0.2) is 53.4 Å². The molecule has 9 heteroatoms. The lowest BCUT2D eigenvalue weighted by Crippen LogP contribution is -2.48. The van der Waals surface area contributed by atoms with Gasteiger partial charge in [-0.25, -0.2) is 8.42 Å². The van der Waals surface area contributed by atoms with Gasteiger partial charge >= 0.3 is 0 Å². The third-order valence-corrected chi connectivity index (χ3v) is 6.09. The second kappa shape index (κ2) is 9.27. The van der Waals surface area contributed by atoms with Gasteiger partial charge in [0.2, 0.25) is 21.8 Å². The van der Waals surface area contributed by atoms with Crippen LogP contribution in [0.25, 0.3) is 0 Å². The maximum atomic E-state index is 13.2. The molecule has 0 unspecified atom stereocenters. The van der Waals surface area contributed by atoms with Crippen molar-refractivity contribution in [1.29, 1.82) is 0 Å². The molecule has 30 heavy (non-hydrogen) atoms. The van der Waals surface area contributed by atoms with E-state index in [0.29, 0.717) is 5.69 Å². The fourth-order valence-electron chi connectivity index (χ4n) is 2.99. The fraction of sp³-hybridized carbons (Fsp3) is 0.333. The van der Waals surface area contributed by atoms with E-state index in [4.69, 9.17) is 4.74 Å². The van der Waals surface area contributed by atoms with Crippen LogP contribution in [0.4, 0.5) is 5.69 Å². The molecule has 1 atom stereocenters. The van der Waals surface area contributed by atoms with Gasteiger partial charge in [0.15, 0.2) is 0 Å². The number of anilines is 1. The van der Waals surface area contributed by atoms with E-state index in [1.54, 1.807) is 6.07 Å². The first-order chi connectivity index (χ1) is 14.3. The van der Waals surface area contributed by atoms with Gasteiger partial charge in [-0.2, -0.15) is 4.72 Å². The minimum Gasteiger partial charge on any atom is -0.495 e. The van der Waals surface area contributed by atoms with Crippen molar-refractivity contribution >= 4 is 27.5 Å². The van der Waals surface area contributed by atoms with Crippen LogP contribution in [-0.4, -0.2) is 39.4 Å². The molecule has 0 spiro atoms. The Kier molecular flexibility index (Phi) is 6.73. The predicted molar refractivity (Wildman–Crippen MR) is 113 cm³/mol. The summed E-state index contributed by atoms with van der Waals surface area (Å²) < 4.78 is 34.1. The van der Waals surface area contributed by atoms with Gasteiger partial charge in [0.25, 0.3) is 0 Å². The summed E-state index contributed by atoms with van der Waals surface area (Å²) in [7, 11) is -2.77. The average molecular weight is 432 g/mol. The first kappa shape index (κ1) is 21.8. The number of rotatable bonds is 9. The van der Waals surface area contributed by atoms with Crippen molar-refractivity contribution in [3.63, 3.8) is 0 Å². The fourth-order valence-corrected chi connectivity index (χ4v) is 4.38. The first-order valence-electron chi connectivity index (χ1n) is 9.61. The summed E-state index contributed by atoms with van der Waals surface area (Å²) in [6.07, 6.45) is 1.98.